The molecule has 6 rings (SSSR count). The summed E-state index contributed by atoms with van der Waals surface area (Å²) < 4.78 is 0. The first-order valence-electron chi connectivity index (χ1n) is 8.78. The first kappa shape index (κ1) is 13.8. The van der Waals surface area contributed by atoms with E-state index >= 15 is 0 Å². The average molecular weight is 330 g/mol. The molecule has 1 spiro atoms. The quantitative estimate of drug-likeness (QED) is 0.554. The average Bonchev–Trinajstić information content (AvgIpc) is 3.00. The minimum absolute atomic E-state index is 0.404. The van der Waals surface area contributed by atoms with Crippen LogP contribution in [0, 0.1) is 0 Å². The van der Waals surface area contributed by atoms with Crippen LogP contribution in [-0.4, -0.2) is 12.1 Å². The van der Waals surface area contributed by atoms with E-state index < -0.39 is 5.41 Å². The van der Waals surface area contributed by atoms with Crippen molar-refractivity contribution < 1.29 is 0 Å². The van der Waals surface area contributed by atoms with E-state index in [0.717, 1.165) is 17.0 Å². The van der Waals surface area contributed by atoms with Crippen molar-refractivity contribution in [3.8, 4) is 11.1 Å². The van der Waals surface area contributed by atoms with E-state index in [1.165, 1.54) is 27.8 Å². The molecule has 2 heteroatoms. The molecule has 3 aliphatic rings. The summed E-state index contributed by atoms with van der Waals surface area (Å²) in [5.74, 6) is 3.01. The molecule has 3 aromatic carbocycles. The number of hydrogen-bond acceptors (Lipinski definition) is 2. The Bertz CT molecular complexity index is 1170. The summed E-state index contributed by atoms with van der Waals surface area (Å²) in [4.78, 5) is 9.52. The van der Waals surface area contributed by atoms with E-state index in [0.29, 0.717) is 0 Å². The van der Waals surface area contributed by atoms with E-state index in [-0.39, 0.29) is 0 Å². The first-order chi connectivity index (χ1) is 12.9. The molecule has 3 aromatic rings. The zero-order chi connectivity index (χ0) is 17.1. The Hall–Kier alpha value is -3.48. The Balaban J connectivity index is 1.86. The summed E-state index contributed by atoms with van der Waals surface area (Å²) in [6.07, 6.45) is 3.59. The van der Waals surface area contributed by atoms with Gasteiger partial charge in [0.1, 0.15) is 5.70 Å². The standard InChI is InChI=1S/C24H14N2/c1-4-11-19-16(8-1)17-9-2-5-12-20(17)24(19)21-13-6-3-10-18(21)22-23(24)26-15-7-14-25-22/h1-13,15H. The summed E-state index contributed by atoms with van der Waals surface area (Å²) in [7, 11) is 0. The third-order valence-corrected chi connectivity index (χ3v) is 5.65. The molecule has 1 aliphatic heterocycles. The van der Waals surface area contributed by atoms with Crippen molar-refractivity contribution in [3.63, 3.8) is 0 Å². The number of allylic oxidation sites excluding steroid dienone is 2. The van der Waals surface area contributed by atoms with Crippen LogP contribution in [0.15, 0.2) is 94.6 Å². The van der Waals surface area contributed by atoms with Gasteiger partial charge in [-0.25, -0.2) is 4.99 Å². The van der Waals surface area contributed by atoms with Gasteiger partial charge in [-0.05, 0) is 33.7 Å². The van der Waals surface area contributed by atoms with Crippen LogP contribution in [-0.2, 0) is 5.41 Å². The molecular weight excluding hydrogens is 316 g/mol. The Morgan fingerprint density at radius 2 is 1.19 bits per heavy atom. The Morgan fingerprint density at radius 1 is 0.654 bits per heavy atom. The summed E-state index contributed by atoms with van der Waals surface area (Å²) in [5.41, 5.74) is 9.06. The van der Waals surface area contributed by atoms with Gasteiger partial charge in [0.05, 0.1) is 11.1 Å². The van der Waals surface area contributed by atoms with Gasteiger partial charge in [0.2, 0.25) is 0 Å². The molecule has 0 atom stereocenters. The van der Waals surface area contributed by atoms with Gasteiger partial charge in [0.25, 0.3) is 0 Å². The number of rotatable bonds is 0. The van der Waals surface area contributed by atoms with Crippen molar-refractivity contribution in [2.75, 3.05) is 0 Å². The fraction of sp³-hybridized carbons (Fsp3) is 0.0417. The van der Waals surface area contributed by atoms with Crippen LogP contribution in [0.5, 0.6) is 0 Å². The van der Waals surface area contributed by atoms with Crippen LogP contribution in [0.4, 0.5) is 0 Å². The highest BCUT2D eigenvalue weighted by atomic mass is 14.9. The van der Waals surface area contributed by atoms with Crippen LogP contribution in [0.1, 0.15) is 22.3 Å². The SMILES string of the molecule is C1=CC=NC2=C(N=1)c1ccccc1C21c2ccccc2-c2ccccc21. The zero-order valence-electron chi connectivity index (χ0n) is 14.0. The van der Waals surface area contributed by atoms with Crippen molar-refractivity contribution in [2.24, 2.45) is 9.98 Å². The lowest BCUT2D eigenvalue weighted by Gasteiger charge is -2.30. The molecule has 120 valence electrons. The largest absolute Gasteiger partial charge is 0.257 e. The highest BCUT2D eigenvalue weighted by Crippen LogP contribution is 2.62. The highest BCUT2D eigenvalue weighted by Gasteiger charge is 2.53. The minimum Gasteiger partial charge on any atom is -0.257 e. The zero-order valence-corrected chi connectivity index (χ0v) is 14.0. The van der Waals surface area contributed by atoms with Crippen LogP contribution < -0.4 is 0 Å². The molecule has 0 aromatic heterocycles. The van der Waals surface area contributed by atoms with Crippen molar-refractivity contribution in [2.45, 2.75) is 5.41 Å². The fourth-order valence-corrected chi connectivity index (χ4v) is 4.75. The van der Waals surface area contributed by atoms with Gasteiger partial charge >= 0.3 is 0 Å². The van der Waals surface area contributed by atoms with Crippen molar-refractivity contribution in [3.05, 3.63) is 107 Å². The van der Waals surface area contributed by atoms with E-state index in [2.05, 4.69) is 83.7 Å². The number of fused-ring (bicyclic) bond motifs is 9. The molecular formula is C24H14N2. The molecule has 0 fully saturated rings. The predicted molar refractivity (Wildman–Crippen MR) is 106 cm³/mol. The van der Waals surface area contributed by atoms with E-state index in [1.54, 1.807) is 6.08 Å². The maximum Gasteiger partial charge on any atom is 0.104 e. The molecule has 0 saturated carbocycles. The van der Waals surface area contributed by atoms with Gasteiger partial charge in [-0.15, -0.1) is 0 Å². The summed E-state index contributed by atoms with van der Waals surface area (Å²) in [6, 6.07) is 25.9. The normalized spacial score (nSPS) is 17.1. The molecule has 2 nitrogen and oxygen atoms in total. The van der Waals surface area contributed by atoms with Gasteiger partial charge in [-0.1, -0.05) is 72.8 Å². The van der Waals surface area contributed by atoms with E-state index in [9.17, 15) is 0 Å². The second kappa shape index (κ2) is 4.78. The van der Waals surface area contributed by atoms with Gasteiger partial charge < -0.3 is 0 Å². The maximum atomic E-state index is 4.88. The summed E-state index contributed by atoms with van der Waals surface area (Å²) in [5, 5.41) is 0. The third-order valence-electron chi connectivity index (χ3n) is 5.65. The maximum absolute atomic E-state index is 4.88. The van der Waals surface area contributed by atoms with Crippen LogP contribution in [0.3, 0.4) is 0 Å². The second-order valence-electron chi connectivity index (χ2n) is 6.77. The fourth-order valence-electron chi connectivity index (χ4n) is 4.75. The first-order valence-corrected chi connectivity index (χ1v) is 8.78. The smallest absolute Gasteiger partial charge is 0.104 e. The Morgan fingerprint density at radius 3 is 1.85 bits per heavy atom. The molecule has 0 saturated heterocycles. The predicted octanol–water partition coefficient (Wildman–Crippen LogP) is 4.99. The van der Waals surface area contributed by atoms with Crippen molar-refractivity contribution in [1.82, 2.24) is 0 Å². The lowest BCUT2D eigenvalue weighted by Crippen LogP contribution is -2.26. The summed E-state index contributed by atoms with van der Waals surface area (Å²) in [6.45, 7) is 0. The van der Waals surface area contributed by atoms with Crippen LogP contribution >= 0.6 is 0 Å². The molecule has 0 N–H and O–H groups in total. The summed E-state index contributed by atoms with van der Waals surface area (Å²) >= 11 is 0. The molecule has 0 radical (unpaired) electrons. The molecule has 0 bridgehead atoms. The van der Waals surface area contributed by atoms with Crippen LogP contribution in [0.2, 0.25) is 0 Å². The molecule has 0 unspecified atom stereocenters. The number of aliphatic imine (C=N–C) groups is 2. The van der Waals surface area contributed by atoms with Gasteiger partial charge in [0, 0.05) is 17.9 Å². The van der Waals surface area contributed by atoms with Crippen LogP contribution in [0.25, 0.3) is 16.8 Å². The Labute approximate surface area is 151 Å². The number of hydrogen-bond donors (Lipinski definition) is 0. The molecule has 1 heterocycles. The minimum atomic E-state index is -0.404. The van der Waals surface area contributed by atoms with E-state index in [4.69, 9.17) is 4.99 Å². The van der Waals surface area contributed by atoms with Gasteiger partial charge in [-0.2, -0.15) is 0 Å². The Kier molecular flexibility index (Phi) is 2.53. The monoisotopic (exact) mass is 330 g/mol. The lowest BCUT2D eigenvalue weighted by molar-refractivity contribution is 0.757. The lowest BCUT2D eigenvalue weighted by atomic mass is 9.72. The van der Waals surface area contributed by atoms with Crippen molar-refractivity contribution >= 4 is 17.8 Å². The van der Waals surface area contributed by atoms with Gasteiger partial charge in [-0.3, -0.25) is 4.99 Å². The van der Waals surface area contributed by atoms with Crippen molar-refractivity contribution in [1.29, 1.82) is 0 Å². The van der Waals surface area contributed by atoms with E-state index in [1.807, 2.05) is 6.21 Å². The molecule has 0 amide bonds. The second-order valence-corrected chi connectivity index (χ2v) is 6.77. The highest BCUT2D eigenvalue weighted by molar-refractivity contribution is 5.98. The molecule has 2 aliphatic carbocycles. The third kappa shape index (κ3) is 1.45. The number of nitrogens with zero attached hydrogens (tertiary/aromatic N) is 2. The number of benzene rings is 3. The van der Waals surface area contributed by atoms with Gasteiger partial charge in [0.15, 0.2) is 0 Å². The topological polar surface area (TPSA) is 24.7 Å². The molecule has 26 heavy (non-hydrogen) atoms.